The first-order valence-corrected chi connectivity index (χ1v) is 7.42. The number of hydrogen-bond acceptors (Lipinski definition) is 3. The van der Waals surface area contributed by atoms with Crippen molar-refractivity contribution in [3.05, 3.63) is 34.6 Å². The van der Waals surface area contributed by atoms with E-state index >= 15 is 0 Å². The van der Waals surface area contributed by atoms with E-state index in [4.69, 9.17) is 22.1 Å². The quantitative estimate of drug-likeness (QED) is 0.909. The average Bonchev–Trinajstić information content (AvgIpc) is 2.45. The summed E-state index contributed by atoms with van der Waals surface area (Å²) in [6, 6.07) is 4.65. The minimum absolute atomic E-state index is 0.146. The van der Waals surface area contributed by atoms with E-state index < -0.39 is 0 Å². The number of nitrogens with two attached hydrogens (primary N) is 1. The molecule has 1 saturated heterocycles. The van der Waals surface area contributed by atoms with Gasteiger partial charge in [-0.15, -0.1) is 0 Å². The third-order valence-electron chi connectivity index (χ3n) is 4.05. The maximum atomic E-state index is 14.1. The van der Waals surface area contributed by atoms with Crippen LogP contribution in [0.2, 0.25) is 5.02 Å². The lowest BCUT2D eigenvalue weighted by Crippen LogP contribution is -2.41. The number of ether oxygens (including phenoxy) is 1. The molecule has 1 fully saturated rings. The number of piperidine rings is 1. The molecule has 20 heavy (non-hydrogen) atoms. The fourth-order valence-electron chi connectivity index (χ4n) is 2.95. The number of nitrogens with zero attached hydrogens (tertiary/aromatic N) is 1. The van der Waals surface area contributed by atoms with Crippen LogP contribution in [0.15, 0.2) is 18.2 Å². The van der Waals surface area contributed by atoms with Crippen LogP contribution in [0.25, 0.3) is 0 Å². The average molecular weight is 301 g/mol. The van der Waals surface area contributed by atoms with Crippen LogP contribution in [0.4, 0.5) is 4.39 Å². The molecule has 1 aliphatic rings. The van der Waals surface area contributed by atoms with Crippen molar-refractivity contribution in [3.63, 3.8) is 0 Å². The Bertz CT molecular complexity index is 416. The first-order valence-electron chi connectivity index (χ1n) is 7.04. The highest BCUT2D eigenvalue weighted by atomic mass is 35.5. The van der Waals surface area contributed by atoms with Gasteiger partial charge in [0.05, 0.1) is 6.04 Å². The third kappa shape index (κ3) is 3.50. The summed E-state index contributed by atoms with van der Waals surface area (Å²) < 4.78 is 19.3. The number of hydrogen-bond donors (Lipinski definition) is 1. The lowest BCUT2D eigenvalue weighted by atomic mass is 9.94. The van der Waals surface area contributed by atoms with Crippen molar-refractivity contribution in [2.45, 2.75) is 18.9 Å². The second kappa shape index (κ2) is 7.36. The monoisotopic (exact) mass is 300 g/mol. The van der Waals surface area contributed by atoms with E-state index in [1.165, 1.54) is 6.07 Å². The zero-order valence-electron chi connectivity index (χ0n) is 11.8. The SMILES string of the molecule is COCC1CCN(C(CN)c2c(F)cccc2Cl)CC1. The molecule has 2 rings (SSSR count). The Labute approximate surface area is 124 Å². The van der Waals surface area contributed by atoms with Crippen LogP contribution in [0, 0.1) is 11.7 Å². The lowest BCUT2D eigenvalue weighted by Gasteiger charge is -2.37. The summed E-state index contributed by atoms with van der Waals surface area (Å²) in [5.41, 5.74) is 6.40. The highest BCUT2D eigenvalue weighted by Crippen LogP contribution is 2.32. The molecular weight excluding hydrogens is 279 g/mol. The normalized spacial score (nSPS) is 19.2. The zero-order valence-corrected chi connectivity index (χ0v) is 12.6. The van der Waals surface area contributed by atoms with Gasteiger partial charge in [0, 0.05) is 30.8 Å². The van der Waals surface area contributed by atoms with Gasteiger partial charge in [0.25, 0.3) is 0 Å². The highest BCUT2D eigenvalue weighted by molar-refractivity contribution is 6.31. The van der Waals surface area contributed by atoms with Gasteiger partial charge in [0.15, 0.2) is 0 Å². The molecule has 3 nitrogen and oxygen atoms in total. The summed E-state index contributed by atoms with van der Waals surface area (Å²) in [4.78, 5) is 2.23. The van der Waals surface area contributed by atoms with Crippen molar-refractivity contribution >= 4 is 11.6 Å². The van der Waals surface area contributed by atoms with Crippen molar-refractivity contribution in [2.24, 2.45) is 11.7 Å². The van der Waals surface area contributed by atoms with Crippen LogP contribution in [0.3, 0.4) is 0 Å². The topological polar surface area (TPSA) is 38.5 Å². The molecule has 1 aliphatic heterocycles. The van der Waals surface area contributed by atoms with Crippen molar-refractivity contribution in [1.82, 2.24) is 4.90 Å². The van der Waals surface area contributed by atoms with Crippen molar-refractivity contribution < 1.29 is 9.13 Å². The summed E-state index contributed by atoms with van der Waals surface area (Å²) in [7, 11) is 1.73. The van der Waals surface area contributed by atoms with Gasteiger partial charge in [-0.2, -0.15) is 0 Å². The fourth-order valence-corrected chi connectivity index (χ4v) is 3.23. The summed E-state index contributed by atoms with van der Waals surface area (Å²) in [6.45, 7) is 2.97. The molecule has 5 heteroatoms. The van der Waals surface area contributed by atoms with Crippen LogP contribution >= 0.6 is 11.6 Å². The Kier molecular flexibility index (Phi) is 5.78. The number of benzene rings is 1. The minimum Gasteiger partial charge on any atom is -0.384 e. The molecule has 1 heterocycles. The van der Waals surface area contributed by atoms with Gasteiger partial charge in [-0.25, -0.2) is 4.39 Å². The molecule has 0 saturated carbocycles. The molecule has 1 aromatic carbocycles. The molecular formula is C15H22ClFN2O. The second-order valence-corrected chi connectivity index (χ2v) is 5.73. The van der Waals surface area contributed by atoms with Gasteiger partial charge in [-0.1, -0.05) is 17.7 Å². The molecule has 112 valence electrons. The molecule has 0 spiro atoms. The minimum atomic E-state index is -0.271. The Hall–Kier alpha value is -0.680. The van der Waals surface area contributed by atoms with Crippen LogP contribution in [0.5, 0.6) is 0 Å². The molecule has 1 aromatic rings. The van der Waals surface area contributed by atoms with Gasteiger partial charge < -0.3 is 10.5 Å². The third-order valence-corrected chi connectivity index (χ3v) is 4.38. The molecule has 0 aliphatic carbocycles. The standard InChI is InChI=1S/C15H22ClFN2O/c1-20-10-11-5-7-19(8-6-11)14(9-18)15-12(16)3-2-4-13(15)17/h2-4,11,14H,5-10,18H2,1H3. The number of rotatable bonds is 5. The first-order chi connectivity index (χ1) is 9.67. The van der Waals surface area contributed by atoms with Crippen molar-refractivity contribution in [2.75, 3.05) is 33.4 Å². The molecule has 1 atom stereocenters. The number of halogens is 2. The van der Waals surface area contributed by atoms with Gasteiger partial charge >= 0.3 is 0 Å². The fraction of sp³-hybridized carbons (Fsp3) is 0.600. The smallest absolute Gasteiger partial charge is 0.129 e. The number of methoxy groups -OCH3 is 1. The van der Waals surface area contributed by atoms with E-state index in [1.54, 1.807) is 19.2 Å². The summed E-state index contributed by atoms with van der Waals surface area (Å²) >= 11 is 6.16. The van der Waals surface area contributed by atoms with E-state index in [-0.39, 0.29) is 11.9 Å². The van der Waals surface area contributed by atoms with Crippen LogP contribution < -0.4 is 5.73 Å². The van der Waals surface area contributed by atoms with Crippen molar-refractivity contribution in [1.29, 1.82) is 0 Å². The van der Waals surface area contributed by atoms with E-state index in [2.05, 4.69) is 4.90 Å². The van der Waals surface area contributed by atoms with E-state index in [0.717, 1.165) is 32.5 Å². The van der Waals surface area contributed by atoms with Gasteiger partial charge in [-0.3, -0.25) is 4.90 Å². The number of likely N-dealkylation sites (tertiary alicyclic amines) is 1. The Balaban J connectivity index is 2.10. The lowest BCUT2D eigenvalue weighted by molar-refractivity contribution is 0.0802. The molecule has 1 unspecified atom stereocenters. The Morgan fingerprint density at radius 2 is 2.15 bits per heavy atom. The Morgan fingerprint density at radius 3 is 2.70 bits per heavy atom. The van der Waals surface area contributed by atoms with Gasteiger partial charge in [0.1, 0.15) is 5.82 Å². The molecule has 0 radical (unpaired) electrons. The summed E-state index contributed by atoms with van der Waals surface area (Å²) in [6.07, 6.45) is 2.10. The first kappa shape index (κ1) is 15.7. The van der Waals surface area contributed by atoms with Crippen molar-refractivity contribution in [3.8, 4) is 0 Å². The molecule has 0 bridgehead atoms. The molecule has 2 N–H and O–H groups in total. The van der Waals surface area contributed by atoms with Gasteiger partial charge in [-0.05, 0) is 44.0 Å². The largest absolute Gasteiger partial charge is 0.384 e. The molecule has 0 amide bonds. The van der Waals surface area contributed by atoms with E-state index in [9.17, 15) is 4.39 Å². The highest BCUT2D eigenvalue weighted by Gasteiger charge is 2.28. The predicted octanol–water partition coefficient (Wildman–Crippen LogP) is 2.84. The Morgan fingerprint density at radius 1 is 1.45 bits per heavy atom. The van der Waals surface area contributed by atoms with Crippen LogP contribution in [0.1, 0.15) is 24.4 Å². The maximum absolute atomic E-state index is 14.1. The van der Waals surface area contributed by atoms with Crippen LogP contribution in [-0.2, 0) is 4.74 Å². The van der Waals surface area contributed by atoms with Crippen LogP contribution in [-0.4, -0.2) is 38.3 Å². The summed E-state index contributed by atoms with van der Waals surface area (Å²) in [5.74, 6) is 0.317. The van der Waals surface area contributed by atoms with E-state index in [1.807, 2.05) is 0 Å². The second-order valence-electron chi connectivity index (χ2n) is 5.32. The predicted molar refractivity (Wildman–Crippen MR) is 79.4 cm³/mol. The zero-order chi connectivity index (χ0) is 14.5. The molecule has 0 aromatic heterocycles. The van der Waals surface area contributed by atoms with E-state index in [0.29, 0.717) is 23.0 Å². The van der Waals surface area contributed by atoms with Gasteiger partial charge in [0.2, 0.25) is 0 Å². The summed E-state index contributed by atoms with van der Waals surface area (Å²) in [5, 5.41) is 0.458. The maximum Gasteiger partial charge on any atom is 0.129 e.